The van der Waals surface area contributed by atoms with Crippen LogP contribution >= 0.6 is 0 Å². The first-order chi connectivity index (χ1) is 8.52. The van der Waals surface area contributed by atoms with Gasteiger partial charge < -0.3 is 5.73 Å². The number of nitrogens with zero attached hydrogens (tertiary/aromatic N) is 1. The number of nitrogens with two attached hydrogens (primary N) is 1. The molecule has 0 fully saturated rings. The Morgan fingerprint density at radius 2 is 2.00 bits per heavy atom. The molecule has 0 bridgehead atoms. The first-order valence-corrected chi connectivity index (χ1v) is 6.35. The predicted molar refractivity (Wildman–Crippen MR) is 76.3 cm³/mol. The van der Waals surface area contributed by atoms with Crippen LogP contribution in [0.25, 0.3) is 11.1 Å². The van der Waals surface area contributed by atoms with E-state index in [1.807, 2.05) is 26.2 Å². The van der Waals surface area contributed by atoms with Crippen LogP contribution in [-0.4, -0.2) is 4.98 Å². The van der Waals surface area contributed by atoms with Crippen molar-refractivity contribution < 1.29 is 0 Å². The van der Waals surface area contributed by atoms with Crippen molar-refractivity contribution in [1.29, 1.82) is 0 Å². The maximum absolute atomic E-state index is 6.16. The molecular formula is C16H20N2. The van der Waals surface area contributed by atoms with Gasteiger partial charge in [0, 0.05) is 17.9 Å². The normalized spacial score (nSPS) is 11.6. The van der Waals surface area contributed by atoms with E-state index in [2.05, 4.69) is 42.2 Å². The maximum atomic E-state index is 6.16. The van der Waals surface area contributed by atoms with Crippen LogP contribution in [-0.2, 0) is 12.0 Å². The lowest BCUT2D eigenvalue weighted by atomic mass is 9.91. The molecule has 0 saturated carbocycles. The van der Waals surface area contributed by atoms with Gasteiger partial charge in [-0.1, -0.05) is 25.1 Å². The van der Waals surface area contributed by atoms with Gasteiger partial charge >= 0.3 is 0 Å². The summed E-state index contributed by atoms with van der Waals surface area (Å²) in [6.07, 6.45) is 4.77. The Bertz CT molecular complexity index is 539. The van der Waals surface area contributed by atoms with E-state index in [4.69, 9.17) is 5.73 Å². The van der Waals surface area contributed by atoms with Gasteiger partial charge in [-0.05, 0) is 54.7 Å². The molecule has 2 aromatic rings. The Labute approximate surface area is 109 Å². The maximum Gasteiger partial charge on any atom is 0.0352 e. The lowest BCUT2D eigenvalue weighted by Crippen LogP contribution is -2.28. The summed E-state index contributed by atoms with van der Waals surface area (Å²) in [6.45, 7) is 6.20. The van der Waals surface area contributed by atoms with Crippen LogP contribution in [0, 0.1) is 0 Å². The molecule has 18 heavy (non-hydrogen) atoms. The molecule has 2 nitrogen and oxygen atoms in total. The van der Waals surface area contributed by atoms with Crippen molar-refractivity contribution in [2.75, 3.05) is 0 Å². The average molecular weight is 240 g/mol. The third-order valence-corrected chi connectivity index (χ3v) is 3.20. The van der Waals surface area contributed by atoms with E-state index in [9.17, 15) is 0 Å². The molecule has 0 unspecified atom stereocenters. The van der Waals surface area contributed by atoms with Gasteiger partial charge in [0.15, 0.2) is 0 Å². The van der Waals surface area contributed by atoms with Gasteiger partial charge in [-0.25, -0.2) is 0 Å². The van der Waals surface area contributed by atoms with Crippen molar-refractivity contribution in [3.63, 3.8) is 0 Å². The van der Waals surface area contributed by atoms with Gasteiger partial charge in [0.1, 0.15) is 0 Å². The molecule has 1 aromatic heterocycles. The molecule has 1 heterocycles. The van der Waals surface area contributed by atoms with Crippen LogP contribution in [0.2, 0.25) is 0 Å². The van der Waals surface area contributed by atoms with E-state index in [-0.39, 0.29) is 5.54 Å². The summed E-state index contributed by atoms with van der Waals surface area (Å²) in [7, 11) is 0. The van der Waals surface area contributed by atoms with Crippen molar-refractivity contribution in [3.05, 3.63) is 53.9 Å². The quantitative estimate of drug-likeness (QED) is 0.891. The Balaban J connectivity index is 2.51. The predicted octanol–water partition coefficient (Wildman–Crippen LogP) is 3.50. The Hall–Kier alpha value is -1.67. The molecule has 0 atom stereocenters. The molecular weight excluding hydrogens is 220 g/mol. The van der Waals surface area contributed by atoms with Crippen LogP contribution in [0.3, 0.4) is 0 Å². The van der Waals surface area contributed by atoms with Gasteiger partial charge in [-0.2, -0.15) is 0 Å². The number of aromatic nitrogens is 1. The summed E-state index contributed by atoms with van der Waals surface area (Å²) < 4.78 is 0. The third kappa shape index (κ3) is 2.59. The average Bonchev–Trinajstić information content (AvgIpc) is 2.38. The Morgan fingerprint density at radius 1 is 1.22 bits per heavy atom. The second-order valence-electron chi connectivity index (χ2n) is 5.19. The van der Waals surface area contributed by atoms with E-state index < -0.39 is 0 Å². The van der Waals surface area contributed by atoms with Crippen LogP contribution in [0.1, 0.15) is 31.9 Å². The monoisotopic (exact) mass is 240 g/mol. The minimum atomic E-state index is -0.310. The van der Waals surface area contributed by atoms with Crippen LogP contribution in [0.5, 0.6) is 0 Å². The molecule has 2 heteroatoms. The second kappa shape index (κ2) is 4.91. The molecule has 0 saturated heterocycles. The zero-order valence-corrected chi connectivity index (χ0v) is 11.3. The lowest BCUT2D eigenvalue weighted by Gasteiger charge is -2.20. The standard InChI is InChI=1S/C16H20N2/c1-4-12-11-18-9-8-15(12)13-6-5-7-14(10-13)16(2,3)17/h5-11H,4,17H2,1-3H3. The topological polar surface area (TPSA) is 38.9 Å². The van der Waals surface area contributed by atoms with E-state index in [1.54, 1.807) is 0 Å². The van der Waals surface area contributed by atoms with Gasteiger partial charge in [0.25, 0.3) is 0 Å². The second-order valence-corrected chi connectivity index (χ2v) is 5.19. The first kappa shape index (κ1) is 12.8. The van der Waals surface area contributed by atoms with Crippen molar-refractivity contribution in [1.82, 2.24) is 4.98 Å². The Morgan fingerprint density at radius 3 is 2.67 bits per heavy atom. The van der Waals surface area contributed by atoms with Gasteiger partial charge in [0.2, 0.25) is 0 Å². The summed E-state index contributed by atoms with van der Waals surface area (Å²) in [5.74, 6) is 0. The molecule has 94 valence electrons. The number of pyridine rings is 1. The van der Waals surface area contributed by atoms with Crippen LogP contribution < -0.4 is 5.73 Å². The SMILES string of the molecule is CCc1cnccc1-c1cccc(C(C)(C)N)c1. The van der Waals surface area contributed by atoms with E-state index in [0.29, 0.717) is 0 Å². The number of aryl methyl sites for hydroxylation is 1. The number of hydrogen-bond acceptors (Lipinski definition) is 2. The summed E-state index contributed by atoms with van der Waals surface area (Å²) in [5.41, 5.74) is 10.7. The zero-order valence-electron chi connectivity index (χ0n) is 11.3. The zero-order chi connectivity index (χ0) is 13.2. The van der Waals surface area contributed by atoms with Crippen LogP contribution in [0.4, 0.5) is 0 Å². The molecule has 0 amide bonds. The van der Waals surface area contributed by atoms with E-state index >= 15 is 0 Å². The summed E-state index contributed by atoms with van der Waals surface area (Å²) in [6, 6.07) is 10.5. The molecule has 0 aliphatic rings. The van der Waals surface area contributed by atoms with Crippen molar-refractivity contribution in [2.45, 2.75) is 32.7 Å². The summed E-state index contributed by atoms with van der Waals surface area (Å²) in [4.78, 5) is 4.19. The van der Waals surface area contributed by atoms with Gasteiger partial charge in [-0.3, -0.25) is 4.98 Å². The molecule has 0 aliphatic carbocycles. The molecule has 0 radical (unpaired) electrons. The van der Waals surface area contributed by atoms with Crippen LogP contribution in [0.15, 0.2) is 42.7 Å². The fourth-order valence-corrected chi connectivity index (χ4v) is 2.08. The molecule has 0 spiro atoms. The molecule has 2 N–H and O–H groups in total. The smallest absolute Gasteiger partial charge is 0.0352 e. The fraction of sp³-hybridized carbons (Fsp3) is 0.312. The first-order valence-electron chi connectivity index (χ1n) is 6.35. The van der Waals surface area contributed by atoms with Crippen molar-refractivity contribution in [3.8, 4) is 11.1 Å². The molecule has 1 aromatic carbocycles. The Kier molecular flexibility index (Phi) is 3.48. The number of hydrogen-bond donors (Lipinski definition) is 1. The highest BCUT2D eigenvalue weighted by Crippen LogP contribution is 2.27. The van der Waals surface area contributed by atoms with E-state index in [1.165, 1.54) is 16.7 Å². The number of rotatable bonds is 3. The fourth-order valence-electron chi connectivity index (χ4n) is 2.08. The lowest BCUT2D eigenvalue weighted by molar-refractivity contribution is 0.554. The van der Waals surface area contributed by atoms with E-state index in [0.717, 1.165) is 12.0 Å². The van der Waals surface area contributed by atoms with Gasteiger partial charge in [0.05, 0.1) is 0 Å². The number of benzene rings is 1. The highest BCUT2D eigenvalue weighted by molar-refractivity contribution is 5.67. The summed E-state index contributed by atoms with van der Waals surface area (Å²) in [5, 5.41) is 0. The van der Waals surface area contributed by atoms with Crippen molar-refractivity contribution >= 4 is 0 Å². The largest absolute Gasteiger partial charge is 0.322 e. The van der Waals surface area contributed by atoms with Gasteiger partial charge in [-0.15, -0.1) is 0 Å². The highest BCUT2D eigenvalue weighted by atomic mass is 14.7. The minimum absolute atomic E-state index is 0.310. The summed E-state index contributed by atoms with van der Waals surface area (Å²) >= 11 is 0. The molecule has 2 rings (SSSR count). The highest BCUT2D eigenvalue weighted by Gasteiger charge is 2.14. The van der Waals surface area contributed by atoms with Crippen molar-refractivity contribution in [2.24, 2.45) is 5.73 Å². The molecule has 0 aliphatic heterocycles. The third-order valence-electron chi connectivity index (χ3n) is 3.20. The minimum Gasteiger partial charge on any atom is -0.322 e.